The Labute approximate surface area is 86.8 Å². The summed E-state index contributed by atoms with van der Waals surface area (Å²) in [6, 6.07) is 10.9. The molecule has 1 atom stereocenters. The van der Waals surface area contributed by atoms with Crippen LogP contribution < -0.4 is 5.32 Å². The molecule has 1 unspecified atom stereocenters. The molecular formula is C13H19N. The Balaban J connectivity index is 2.43. The van der Waals surface area contributed by atoms with Crippen LogP contribution in [0.1, 0.15) is 31.9 Å². The van der Waals surface area contributed by atoms with Gasteiger partial charge in [0.1, 0.15) is 0 Å². The monoisotopic (exact) mass is 189 g/mol. The van der Waals surface area contributed by atoms with E-state index in [9.17, 15) is 0 Å². The van der Waals surface area contributed by atoms with E-state index in [0.717, 1.165) is 13.0 Å². The maximum atomic E-state index is 3.98. The van der Waals surface area contributed by atoms with Gasteiger partial charge in [-0.2, -0.15) is 0 Å². The SMILES string of the molecule is C=C(CC)CNC(C)c1ccccc1. The van der Waals surface area contributed by atoms with Crippen LogP contribution in [0.15, 0.2) is 42.5 Å². The third-order valence-corrected chi connectivity index (χ3v) is 2.46. The lowest BCUT2D eigenvalue weighted by molar-refractivity contribution is 0.602. The molecule has 0 heterocycles. The molecule has 1 N–H and O–H groups in total. The largest absolute Gasteiger partial charge is 0.306 e. The van der Waals surface area contributed by atoms with E-state index in [4.69, 9.17) is 0 Å². The smallest absolute Gasteiger partial charge is 0.0294 e. The molecule has 0 radical (unpaired) electrons. The van der Waals surface area contributed by atoms with Crippen molar-refractivity contribution in [3.8, 4) is 0 Å². The lowest BCUT2D eigenvalue weighted by Gasteiger charge is -2.14. The summed E-state index contributed by atoms with van der Waals surface area (Å²) in [5.41, 5.74) is 2.59. The molecular weight excluding hydrogens is 170 g/mol. The zero-order valence-electron chi connectivity index (χ0n) is 9.09. The van der Waals surface area contributed by atoms with E-state index in [0.29, 0.717) is 6.04 Å². The Bertz CT molecular complexity index is 277. The Morgan fingerprint density at radius 1 is 1.36 bits per heavy atom. The van der Waals surface area contributed by atoms with E-state index in [-0.39, 0.29) is 0 Å². The zero-order chi connectivity index (χ0) is 10.4. The van der Waals surface area contributed by atoms with Crippen LogP contribution in [0.5, 0.6) is 0 Å². The van der Waals surface area contributed by atoms with Crippen LogP contribution in [0.4, 0.5) is 0 Å². The number of rotatable bonds is 5. The van der Waals surface area contributed by atoms with Crippen molar-refractivity contribution in [2.45, 2.75) is 26.3 Å². The molecule has 14 heavy (non-hydrogen) atoms. The Hall–Kier alpha value is -1.08. The van der Waals surface area contributed by atoms with Gasteiger partial charge in [0.15, 0.2) is 0 Å². The number of hydrogen-bond acceptors (Lipinski definition) is 1. The first-order valence-electron chi connectivity index (χ1n) is 5.19. The fourth-order valence-corrected chi connectivity index (χ4v) is 1.28. The summed E-state index contributed by atoms with van der Waals surface area (Å²) in [4.78, 5) is 0. The highest BCUT2D eigenvalue weighted by molar-refractivity contribution is 5.18. The summed E-state index contributed by atoms with van der Waals surface area (Å²) >= 11 is 0. The zero-order valence-corrected chi connectivity index (χ0v) is 9.09. The van der Waals surface area contributed by atoms with Gasteiger partial charge in [-0.3, -0.25) is 0 Å². The fraction of sp³-hybridized carbons (Fsp3) is 0.385. The third kappa shape index (κ3) is 3.35. The highest BCUT2D eigenvalue weighted by Gasteiger charge is 2.02. The van der Waals surface area contributed by atoms with E-state index >= 15 is 0 Å². The highest BCUT2D eigenvalue weighted by Crippen LogP contribution is 2.11. The normalized spacial score (nSPS) is 12.4. The fourth-order valence-electron chi connectivity index (χ4n) is 1.28. The second-order valence-corrected chi connectivity index (χ2v) is 3.62. The van der Waals surface area contributed by atoms with Crippen LogP contribution in [0.3, 0.4) is 0 Å². The van der Waals surface area contributed by atoms with Gasteiger partial charge in [-0.15, -0.1) is 0 Å². The van der Waals surface area contributed by atoms with Crippen LogP contribution in [0, 0.1) is 0 Å². The standard InChI is InChI=1S/C13H19N/c1-4-11(2)10-14-12(3)13-8-6-5-7-9-13/h5-9,12,14H,2,4,10H2,1,3H3. The first kappa shape index (κ1) is 11.0. The average Bonchev–Trinajstić information content (AvgIpc) is 2.26. The molecule has 0 amide bonds. The Morgan fingerprint density at radius 2 is 2.00 bits per heavy atom. The molecule has 1 heteroatoms. The second kappa shape index (κ2) is 5.61. The van der Waals surface area contributed by atoms with E-state index in [1.54, 1.807) is 0 Å². The minimum Gasteiger partial charge on any atom is -0.306 e. The van der Waals surface area contributed by atoms with Gasteiger partial charge in [0.2, 0.25) is 0 Å². The van der Waals surface area contributed by atoms with E-state index in [1.807, 2.05) is 6.07 Å². The predicted molar refractivity (Wildman–Crippen MR) is 62.3 cm³/mol. The molecule has 0 saturated carbocycles. The highest BCUT2D eigenvalue weighted by atomic mass is 14.9. The molecule has 0 spiro atoms. The van der Waals surface area contributed by atoms with Gasteiger partial charge >= 0.3 is 0 Å². The van der Waals surface area contributed by atoms with Crippen molar-refractivity contribution in [2.75, 3.05) is 6.54 Å². The van der Waals surface area contributed by atoms with Crippen molar-refractivity contribution >= 4 is 0 Å². The summed E-state index contributed by atoms with van der Waals surface area (Å²) < 4.78 is 0. The summed E-state index contributed by atoms with van der Waals surface area (Å²) in [5, 5.41) is 3.45. The molecule has 0 bridgehead atoms. The molecule has 76 valence electrons. The summed E-state index contributed by atoms with van der Waals surface area (Å²) in [6.07, 6.45) is 1.05. The third-order valence-electron chi connectivity index (χ3n) is 2.46. The number of nitrogens with one attached hydrogen (secondary N) is 1. The molecule has 1 nitrogen and oxygen atoms in total. The first-order chi connectivity index (χ1) is 6.74. The minimum absolute atomic E-state index is 0.402. The molecule has 0 aliphatic rings. The van der Waals surface area contributed by atoms with Crippen LogP contribution in [-0.4, -0.2) is 6.54 Å². The maximum absolute atomic E-state index is 3.98. The quantitative estimate of drug-likeness (QED) is 0.701. The molecule has 1 aromatic rings. The maximum Gasteiger partial charge on any atom is 0.0294 e. The van der Waals surface area contributed by atoms with Crippen molar-refractivity contribution in [1.29, 1.82) is 0 Å². The van der Waals surface area contributed by atoms with Gasteiger partial charge in [-0.25, -0.2) is 0 Å². The first-order valence-corrected chi connectivity index (χ1v) is 5.19. The minimum atomic E-state index is 0.402. The molecule has 1 aromatic carbocycles. The van der Waals surface area contributed by atoms with Crippen LogP contribution in [0.25, 0.3) is 0 Å². The molecule has 0 saturated heterocycles. The van der Waals surface area contributed by atoms with Gasteiger partial charge in [-0.05, 0) is 18.9 Å². The van der Waals surface area contributed by atoms with Crippen molar-refractivity contribution in [2.24, 2.45) is 0 Å². The van der Waals surface area contributed by atoms with E-state index in [1.165, 1.54) is 11.1 Å². The number of benzene rings is 1. The van der Waals surface area contributed by atoms with Crippen LogP contribution >= 0.6 is 0 Å². The molecule has 0 fully saturated rings. The van der Waals surface area contributed by atoms with Crippen molar-refractivity contribution in [3.63, 3.8) is 0 Å². The summed E-state index contributed by atoms with van der Waals surface area (Å²) in [5.74, 6) is 0. The van der Waals surface area contributed by atoms with Crippen molar-refractivity contribution in [3.05, 3.63) is 48.0 Å². The molecule has 0 aliphatic heterocycles. The second-order valence-electron chi connectivity index (χ2n) is 3.62. The number of hydrogen-bond donors (Lipinski definition) is 1. The average molecular weight is 189 g/mol. The lowest BCUT2D eigenvalue weighted by atomic mass is 10.1. The van der Waals surface area contributed by atoms with E-state index < -0.39 is 0 Å². The van der Waals surface area contributed by atoms with Gasteiger partial charge in [0.05, 0.1) is 0 Å². The summed E-state index contributed by atoms with van der Waals surface area (Å²) in [6.45, 7) is 9.20. The molecule has 0 aromatic heterocycles. The molecule has 1 rings (SSSR count). The van der Waals surface area contributed by atoms with Crippen LogP contribution in [-0.2, 0) is 0 Å². The molecule has 0 aliphatic carbocycles. The van der Waals surface area contributed by atoms with Gasteiger partial charge in [-0.1, -0.05) is 49.4 Å². The van der Waals surface area contributed by atoms with Crippen molar-refractivity contribution < 1.29 is 0 Å². The van der Waals surface area contributed by atoms with Crippen LogP contribution in [0.2, 0.25) is 0 Å². The Morgan fingerprint density at radius 3 is 2.57 bits per heavy atom. The lowest BCUT2D eigenvalue weighted by Crippen LogP contribution is -2.20. The Kier molecular flexibility index (Phi) is 4.41. The summed E-state index contributed by atoms with van der Waals surface area (Å²) in [7, 11) is 0. The van der Waals surface area contributed by atoms with Crippen molar-refractivity contribution in [1.82, 2.24) is 5.32 Å². The van der Waals surface area contributed by atoms with Gasteiger partial charge < -0.3 is 5.32 Å². The van der Waals surface area contributed by atoms with Gasteiger partial charge in [0, 0.05) is 12.6 Å². The van der Waals surface area contributed by atoms with E-state index in [2.05, 4.69) is 50.0 Å². The topological polar surface area (TPSA) is 12.0 Å². The predicted octanol–water partition coefficient (Wildman–Crippen LogP) is 3.30. The van der Waals surface area contributed by atoms with Gasteiger partial charge in [0.25, 0.3) is 0 Å².